The zero-order valence-electron chi connectivity index (χ0n) is 7.86. The predicted octanol–water partition coefficient (Wildman–Crippen LogP) is 1.61. The minimum atomic E-state index is 0.0987. The van der Waals surface area contributed by atoms with Gasteiger partial charge in [-0.25, -0.2) is 0 Å². The second kappa shape index (κ2) is 3.46. The Morgan fingerprint density at radius 1 is 1.45 bits per heavy atom. The van der Waals surface area contributed by atoms with Crippen LogP contribution in [-0.2, 0) is 0 Å². The predicted molar refractivity (Wildman–Crippen MR) is 49.9 cm³/mol. The standard InChI is InChI=1S/C9H18N2/c1-7(9(2,3)4)6-8(10)11-5/h6,11H,1,10H2,2-5H3/b8-6-. The highest BCUT2D eigenvalue weighted by atomic mass is 14.9. The largest absolute Gasteiger partial charge is 0.386 e. The first-order chi connectivity index (χ1) is 4.88. The van der Waals surface area contributed by atoms with Gasteiger partial charge in [0.1, 0.15) is 0 Å². The quantitative estimate of drug-likeness (QED) is 0.593. The van der Waals surface area contributed by atoms with Crippen LogP contribution in [-0.4, -0.2) is 7.05 Å². The molecule has 0 saturated carbocycles. The van der Waals surface area contributed by atoms with E-state index in [1.54, 1.807) is 7.05 Å². The minimum Gasteiger partial charge on any atom is -0.386 e. The van der Waals surface area contributed by atoms with Gasteiger partial charge in [0, 0.05) is 7.05 Å². The van der Waals surface area contributed by atoms with Crippen LogP contribution in [0, 0.1) is 5.41 Å². The Labute approximate surface area is 69.2 Å². The number of hydrogen-bond donors (Lipinski definition) is 2. The number of nitrogens with two attached hydrogens (primary N) is 1. The van der Waals surface area contributed by atoms with Gasteiger partial charge < -0.3 is 11.1 Å². The van der Waals surface area contributed by atoms with Crippen LogP contribution < -0.4 is 11.1 Å². The smallest absolute Gasteiger partial charge is 0.0960 e. The van der Waals surface area contributed by atoms with Gasteiger partial charge in [-0.2, -0.15) is 0 Å². The molecule has 0 rings (SSSR count). The van der Waals surface area contributed by atoms with Crippen molar-refractivity contribution in [3.8, 4) is 0 Å². The van der Waals surface area contributed by atoms with Crippen LogP contribution in [0.25, 0.3) is 0 Å². The molecular formula is C9H18N2. The van der Waals surface area contributed by atoms with E-state index in [4.69, 9.17) is 5.73 Å². The molecule has 3 N–H and O–H groups in total. The highest BCUT2D eigenvalue weighted by Gasteiger charge is 2.12. The lowest BCUT2D eigenvalue weighted by Crippen LogP contribution is -2.17. The van der Waals surface area contributed by atoms with Gasteiger partial charge in [-0.15, -0.1) is 0 Å². The molecule has 0 radical (unpaired) electrons. The third-order valence-electron chi connectivity index (χ3n) is 1.58. The molecule has 0 unspecified atom stereocenters. The van der Waals surface area contributed by atoms with E-state index in [0.29, 0.717) is 5.82 Å². The Kier molecular flexibility index (Phi) is 3.18. The van der Waals surface area contributed by atoms with Crippen LogP contribution in [0.1, 0.15) is 20.8 Å². The number of nitrogens with one attached hydrogen (secondary N) is 1. The Balaban J connectivity index is 4.30. The molecular weight excluding hydrogens is 136 g/mol. The van der Waals surface area contributed by atoms with Crippen molar-refractivity contribution in [1.29, 1.82) is 0 Å². The van der Waals surface area contributed by atoms with Crippen LogP contribution >= 0.6 is 0 Å². The summed E-state index contributed by atoms with van der Waals surface area (Å²) >= 11 is 0. The third kappa shape index (κ3) is 3.71. The Hall–Kier alpha value is -0.920. The summed E-state index contributed by atoms with van der Waals surface area (Å²) in [5, 5.41) is 2.85. The fourth-order valence-electron chi connectivity index (χ4n) is 0.476. The van der Waals surface area contributed by atoms with E-state index in [9.17, 15) is 0 Å². The van der Waals surface area contributed by atoms with Gasteiger partial charge in [-0.05, 0) is 17.1 Å². The van der Waals surface area contributed by atoms with Gasteiger partial charge in [0.25, 0.3) is 0 Å². The van der Waals surface area contributed by atoms with Crippen LogP contribution in [0.15, 0.2) is 24.0 Å². The molecule has 0 fully saturated rings. The monoisotopic (exact) mass is 154 g/mol. The van der Waals surface area contributed by atoms with Crippen molar-refractivity contribution >= 4 is 0 Å². The van der Waals surface area contributed by atoms with Crippen molar-refractivity contribution in [3.05, 3.63) is 24.0 Å². The maximum atomic E-state index is 5.56. The lowest BCUT2D eigenvalue weighted by atomic mass is 9.87. The third-order valence-corrected chi connectivity index (χ3v) is 1.58. The summed E-state index contributed by atoms with van der Waals surface area (Å²) in [5.74, 6) is 0.657. The van der Waals surface area contributed by atoms with Crippen LogP contribution in [0.4, 0.5) is 0 Å². The van der Waals surface area contributed by atoms with E-state index in [1.807, 2.05) is 6.08 Å². The van der Waals surface area contributed by atoms with E-state index in [2.05, 4.69) is 32.7 Å². The summed E-state index contributed by atoms with van der Waals surface area (Å²) in [6.07, 6.45) is 1.86. The lowest BCUT2D eigenvalue weighted by molar-refractivity contribution is 0.517. The normalized spacial score (nSPS) is 12.9. The second-order valence-corrected chi connectivity index (χ2v) is 3.62. The highest BCUT2D eigenvalue weighted by Crippen LogP contribution is 2.24. The lowest BCUT2D eigenvalue weighted by Gasteiger charge is -2.19. The topological polar surface area (TPSA) is 38.0 Å². The SMILES string of the molecule is C=C(/C=C(/N)NC)C(C)(C)C. The molecule has 0 amide bonds. The number of rotatable bonds is 2. The maximum absolute atomic E-state index is 5.56. The highest BCUT2D eigenvalue weighted by molar-refractivity contribution is 5.23. The summed E-state index contributed by atoms with van der Waals surface area (Å²) in [6.45, 7) is 10.2. The average Bonchev–Trinajstić information content (AvgIpc) is 1.85. The van der Waals surface area contributed by atoms with E-state index >= 15 is 0 Å². The van der Waals surface area contributed by atoms with Gasteiger partial charge in [0.2, 0.25) is 0 Å². The first-order valence-electron chi connectivity index (χ1n) is 3.72. The summed E-state index contributed by atoms with van der Waals surface area (Å²) in [5.41, 5.74) is 6.69. The van der Waals surface area contributed by atoms with Gasteiger partial charge in [-0.3, -0.25) is 0 Å². The van der Waals surface area contributed by atoms with Crippen molar-refractivity contribution in [2.24, 2.45) is 11.1 Å². The first kappa shape index (κ1) is 10.1. The molecule has 0 aliphatic heterocycles. The Morgan fingerprint density at radius 3 is 2.18 bits per heavy atom. The Bertz CT molecular complexity index is 172. The van der Waals surface area contributed by atoms with Crippen molar-refractivity contribution in [2.45, 2.75) is 20.8 Å². The molecule has 11 heavy (non-hydrogen) atoms. The summed E-state index contributed by atoms with van der Waals surface area (Å²) in [7, 11) is 1.79. The zero-order valence-corrected chi connectivity index (χ0v) is 7.86. The average molecular weight is 154 g/mol. The minimum absolute atomic E-state index is 0.0987. The molecule has 0 saturated heterocycles. The zero-order chi connectivity index (χ0) is 9.07. The molecule has 0 atom stereocenters. The van der Waals surface area contributed by atoms with Crippen molar-refractivity contribution in [1.82, 2.24) is 5.32 Å². The molecule has 0 bridgehead atoms. The van der Waals surface area contributed by atoms with E-state index in [-0.39, 0.29) is 5.41 Å². The van der Waals surface area contributed by atoms with E-state index in [0.717, 1.165) is 5.57 Å². The van der Waals surface area contributed by atoms with Gasteiger partial charge in [0.15, 0.2) is 0 Å². The van der Waals surface area contributed by atoms with Crippen LogP contribution in [0.3, 0.4) is 0 Å². The number of hydrogen-bond acceptors (Lipinski definition) is 2. The fourth-order valence-corrected chi connectivity index (χ4v) is 0.476. The number of allylic oxidation sites excluding steroid dienone is 2. The first-order valence-corrected chi connectivity index (χ1v) is 3.72. The van der Waals surface area contributed by atoms with Crippen molar-refractivity contribution in [3.63, 3.8) is 0 Å². The van der Waals surface area contributed by atoms with E-state index in [1.165, 1.54) is 0 Å². The maximum Gasteiger partial charge on any atom is 0.0960 e. The van der Waals surface area contributed by atoms with Gasteiger partial charge >= 0.3 is 0 Å². The molecule has 0 aromatic heterocycles. The van der Waals surface area contributed by atoms with Crippen LogP contribution in [0.5, 0.6) is 0 Å². The molecule has 0 aliphatic carbocycles. The summed E-state index contributed by atoms with van der Waals surface area (Å²) in [6, 6.07) is 0. The molecule has 2 nitrogen and oxygen atoms in total. The van der Waals surface area contributed by atoms with Crippen LogP contribution in [0.2, 0.25) is 0 Å². The molecule has 0 aromatic rings. The van der Waals surface area contributed by atoms with Crippen molar-refractivity contribution in [2.75, 3.05) is 7.05 Å². The Morgan fingerprint density at radius 2 is 1.91 bits per heavy atom. The second-order valence-electron chi connectivity index (χ2n) is 3.62. The van der Waals surface area contributed by atoms with E-state index < -0.39 is 0 Å². The van der Waals surface area contributed by atoms with Gasteiger partial charge in [0.05, 0.1) is 5.82 Å². The molecule has 0 aromatic carbocycles. The molecule has 2 heteroatoms. The molecule has 0 aliphatic rings. The molecule has 0 spiro atoms. The fraction of sp³-hybridized carbons (Fsp3) is 0.556. The summed E-state index contributed by atoms with van der Waals surface area (Å²) in [4.78, 5) is 0. The van der Waals surface area contributed by atoms with Crippen molar-refractivity contribution < 1.29 is 0 Å². The molecule has 0 heterocycles. The van der Waals surface area contributed by atoms with Gasteiger partial charge in [-0.1, -0.05) is 27.4 Å². The molecule has 64 valence electrons. The summed E-state index contributed by atoms with van der Waals surface area (Å²) < 4.78 is 0.